The highest BCUT2D eigenvalue weighted by Gasteiger charge is 2.06. The number of hydrogen-bond donors (Lipinski definition) is 1. The lowest BCUT2D eigenvalue weighted by molar-refractivity contribution is -0.111. The fourth-order valence-electron chi connectivity index (χ4n) is 1.58. The lowest BCUT2D eigenvalue weighted by Gasteiger charge is -1.94. The van der Waals surface area contributed by atoms with Gasteiger partial charge in [0.05, 0.1) is 0 Å². The third-order valence-electron chi connectivity index (χ3n) is 2.60. The summed E-state index contributed by atoms with van der Waals surface area (Å²) in [5.41, 5.74) is 0. The van der Waals surface area contributed by atoms with E-state index in [1.54, 1.807) is 6.08 Å². The van der Waals surface area contributed by atoms with Gasteiger partial charge in [-0.3, -0.25) is 10.1 Å². The van der Waals surface area contributed by atoms with Crippen molar-refractivity contribution in [3.63, 3.8) is 0 Å². The number of hydrogen-bond acceptors (Lipinski definition) is 5. The van der Waals surface area contributed by atoms with E-state index in [0.717, 1.165) is 30.0 Å². The molecule has 0 aliphatic carbocycles. The maximum absolute atomic E-state index is 11.7. The molecule has 6 heteroatoms. The Balaban J connectivity index is 1.87. The molecule has 0 saturated carbocycles. The van der Waals surface area contributed by atoms with Gasteiger partial charge in [0.1, 0.15) is 16.5 Å². The molecule has 106 valence electrons. The molecule has 2 aromatic heterocycles. The fraction of sp³-hybridized carbons (Fsp3) is 0.357. The zero-order chi connectivity index (χ0) is 14.4. The van der Waals surface area contributed by atoms with E-state index in [9.17, 15) is 4.79 Å². The van der Waals surface area contributed by atoms with Gasteiger partial charge in [-0.15, -0.1) is 10.2 Å². The third kappa shape index (κ3) is 4.31. The highest BCUT2D eigenvalue weighted by Crippen LogP contribution is 2.17. The van der Waals surface area contributed by atoms with Crippen molar-refractivity contribution in [1.82, 2.24) is 10.2 Å². The summed E-state index contributed by atoms with van der Waals surface area (Å²) in [6.45, 7) is 3.99. The van der Waals surface area contributed by atoms with Crippen LogP contribution in [0, 0.1) is 6.92 Å². The average Bonchev–Trinajstić information content (AvgIpc) is 3.03. The summed E-state index contributed by atoms with van der Waals surface area (Å²) in [6.07, 6.45) is 6.16. The van der Waals surface area contributed by atoms with Crippen molar-refractivity contribution >= 4 is 28.5 Å². The first-order valence-corrected chi connectivity index (χ1v) is 7.37. The van der Waals surface area contributed by atoms with Gasteiger partial charge in [-0.2, -0.15) is 0 Å². The number of anilines is 1. The summed E-state index contributed by atoms with van der Waals surface area (Å²) >= 11 is 1.42. The van der Waals surface area contributed by atoms with Gasteiger partial charge in [0.25, 0.3) is 0 Å². The summed E-state index contributed by atoms with van der Waals surface area (Å²) in [5.74, 6) is 1.23. The minimum Gasteiger partial charge on any atom is -0.462 e. The standard InChI is InChI=1S/C14H17N3O2S/c1-3-4-5-13-16-17-14(20-13)15-12(18)9-8-11-7-6-10(2)19-11/h6-9H,3-5H2,1-2H3,(H,15,17,18). The van der Waals surface area contributed by atoms with Crippen molar-refractivity contribution in [2.75, 3.05) is 5.32 Å². The Kier molecular flexibility index (Phi) is 5.06. The van der Waals surface area contributed by atoms with Crippen LogP contribution in [0.5, 0.6) is 0 Å². The van der Waals surface area contributed by atoms with E-state index in [0.29, 0.717) is 10.9 Å². The number of carbonyl (C=O) groups is 1. The molecule has 0 atom stereocenters. The van der Waals surface area contributed by atoms with Crippen molar-refractivity contribution in [2.45, 2.75) is 33.1 Å². The molecular formula is C14H17N3O2S. The van der Waals surface area contributed by atoms with Crippen LogP contribution in [0.4, 0.5) is 5.13 Å². The van der Waals surface area contributed by atoms with Crippen LogP contribution in [0.15, 0.2) is 22.6 Å². The zero-order valence-electron chi connectivity index (χ0n) is 11.5. The van der Waals surface area contributed by atoms with Crippen LogP contribution < -0.4 is 5.32 Å². The van der Waals surface area contributed by atoms with Gasteiger partial charge in [0.15, 0.2) is 0 Å². The van der Waals surface area contributed by atoms with Crippen molar-refractivity contribution < 1.29 is 9.21 Å². The van der Waals surface area contributed by atoms with Crippen molar-refractivity contribution in [1.29, 1.82) is 0 Å². The Morgan fingerprint density at radius 1 is 1.45 bits per heavy atom. The topological polar surface area (TPSA) is 68.0 Å². The number of unbranched alkanes of at least 4 members (excludes halogenated alkanes) is 1. The molecule has 0 spiro atoms. The molecule has 2 rings (SSSR count). The second kappa shape index (κ2) is 7.00. The quantitative estimate of drug-likeness (QED) is 0.828. The Hall–Kier alpha value is -1.95. The number of furan rings is 1. The SMILES string of the molecule is CCCCc1nnc(NC(=O)C=Cc2ccc(C)o2)s1. The molecule has 0 unspecified atom stereocenters. The summed E-state index contributed by atoms with van der Waals surface area (Å²) in [7, 11) is 0. The number of aromatic nitrogens is 2. The van der Waals surface area contributed by atoms with Crippen molar-refractivity contribution in [2.24, 2.45) is 0 Å². The normalized spacial score (nSPS) is 11.1. The maximum atomic E-state index is 11.7. The van der Waals surface area contributed by atoms with E-state index in [4.69, 9.17) is 4.42 Å². The summed E-state index contributed by atoms with van der Waals surface area (Å²) in [4.78, 5) is 11.7. The molecule has 0 aliphatic heterocycles. The van der Waals surface area contributed by atoms with Crippen molar-refractivity contribution in [3.8, 4) is 0 Å². The second-order valence-corrected chi connectivity index (χ2v) is 5.44. The minimum absolute atomic E-state index is 0.239. The van der Waals surface area contributed by atoms with Gasteiger partial charge >= 0.3 is 0 Å². The Bertz CT molecular complexity index is 601. The number of nitrogens with one attached hydrogen (secondary N) is 1. The molecule has 2 aromatic rings. The van der Waals surface area contributed by atoms with Gasteiger partial charge in [0, 0.05) is 12.5 Å². The van der Waals surface area contributed by atoms with Crippen LogP contribution in [-0.2, 0) is 11.2 Å². The third-order valence-corrected chi connectivity index (χ3v) is 3.50. The first-order valence-electron chi connectivity index (χ1n) is 6.55. The van der Waals surface area contributed by atoms with E-state index in [1.165, 1.54) is 17.4 Å². The predicted molar refractivity (Wildman–Crippen MR) is 79.6 cm³/mol. The van der Waals surface area contributed by atoms with E-state index in [-0.39, 0.29) is 5.91 Å². The van der Waals surface area contributed by atoms with Gasteiger partial charge in [0.2, 0.25) is 11.0 Å². The molecule has 2 heterocycles. The monoisotopic (exact) mass is 291 g/mol. The number of rotatable bonds is 6. The number of amides is 1. The van der Waals surface area contributed by atoms with Gasteiger partial charge in [-0.25, -0.2) is 0 Å². The number of aryl methyl sites for hydroxylation is 2. The first-order chi connectivity index (χ1) is 9.67. The Morgan fingerprint density at radius 3 is 3.00 bits per heavy atom. The lowest BCUT2D eigenvalue weighted by atomic mass is 10.3. The molecule has 20 heavy (non-hydrogen) atoms. The summed E-state index contributed by atoms with van der Waals surface area (Å²) in [5, 5.41) is 12.2. The van der Waals surface area contributed by atoms with Crippen LogP contribution in [-0.4, -0.2) is 16.1 Å². The maximum Gasteiger partial charge on any atom is 0.250 e. The molecule has 1 N–H and O–H groups in total. The lowest BCUT2D eigenvalue weighted by Crippen LogP contribution is -2.07. The molecule has 0 saturated heterocycles. The zero-order valence-corrected chi connectivity index (χ0v) is 12.4. The summed E-state index contributed by atoms with van der Waals surface area (Å²) in [6, 6.07) is 3.66. The average molecular weight is 291 g/mol. The van der Waals surface area contributed by atoms with Crippen LogP contribution in [0.25, 0.3) is 6.08 Å². The van der Waals surface area contributed by atoms with E-state index in [2.05, 4.69) is 22.4 Å². The predicted octanol–water partition coefficient (Wildman–Crippen LogP) is 3.43. The van der Waals surface area contributed by atoms with Crippen LogP contribution in [0.1, 0.15) is 36.3 Å². The first kappa shape index (κ1) is 14.5. The van der Waals surface area contributed by atoms with Gasteiger partial charge < -0.3 is 4.42 Å². The van der Waals surface area contributed by atoms with E-state index < -0.39 is 0 Å². The molecule has 0 aliphatic rings. The highest BCUT2D eigenvalue weighted by molar-refractivity contribution is 7.15. The highest BCUT2D eigenvalue weighted by atomic mass is 32.1. The molecule has 0 aromatic carbocycles. The largest absolute Gasteiger partial charge is 0.462 e. The van der Waals surface area contributed by atoms with Gasteiger partial charge in [-0.05, 0) is 31.6 Å². The molecule has 1 amide bonds. The fourth-order valence-corrected chi connectivity index (χ4v) is 2.37. The summed E-state index contributed by atoms with van der Waals surface area (Å²) < 4.78 is 5.34. The van der Waals surface area contributed by atoms with Crippen molar-refractivity contribution in [3.05, 3.63) is 34.7 Å². The van der Waals surface area contributed by atoms with Crippen LogP contribution in [0.2, 0.25) is 0 Å². The number of nitrogens with zero attached hydrogens (tertiary/aromatic N) is 2. The van der Waals surface area contributed by atoms with E-state index in [1.807, 2.05) is 19.1 Å². The molecule has 0 bridgehead atoms. The Labute approximate surface area is 121 Å². The number of carbonyl (C=O) groups excluding carboxylic acids is 1. The second-order valence-electron chi connectivity index (χ2n) is 4.38. The van der Waals surface area contributed by atoms with Crippen LogP contribution in [0.3, 0.4) is 0 Å². The minimum atomic E-state index is -0.239. The molecule has 5 nitrogen and oxygen atoms in total. The Morgan fingerprint density at radius 2 is 2.30 bits per heavy atom. The van der Waals surface area contributed by atoms with Gasteiger partial charge in [-0.1, -0.05) is 24.7 Å². The van der Waals surface area contributed by atoms with E-state index >= 15 is 0 Å². The molecule has 0 fully saturated rings. The van der Waals surface area contributed by atoms with Crippen LogP contribution >= 0.6 is 11.3 Å². The molecule has 0 radical (unpaired) electrons. The smallest absolute Gasteiger partial charge is 0.250 e. The molecular weight excluding hydrogens is 274 g/mol.